The first-order valence-corrected chi connectivity index (χ1v) is 5.51. The highest BCUT2D eigenvalue weighted by atomic mass is 16.6. The third-order valence-corrected chi connectivity index (χ3v) is 2.99. The SMILES string of the molecule is COC1C(O)C(CO)OC1n1cc(O)c(=O)[nH]c1=O. The van der Waals surface area contributed by atoms with E-state index in [-0.39, 0.29) is 0 Å². The molecule has 106 valence electrons. The molecule has 19 heavy (non-hydrogen) atoms. The van der Waals surface area contributed by atoms with E-state index in [0.717, 1.165) is 10.8 Å². The first-order chi connectivity index (χ1) is 8.99. The summed E-state index contributed by atoms with van der Waals surface area (Å²) >= 11 is 0. The van der Waals surface area contributed by atoms with Gasteiger partial charge in [-0.3, -0.25) is 14.3 Å². The van der Waals surface area contributed by atoms with Crippen molar-refractivity contribution in [1.82, 2.24) is 9.55 Å². The summed E-state index contributed by atoms with van der Waals surface area (Å²) in [5.41, 5.74) is -1.74. The van der Waals surface area contributed by atoms with Crippen LogP contribution in [-0.2, 0) is 9.47 Å². The lowest BCUT2D eigenvalue weighted by Crippen LogP contribution is -2.38. The summed E-state index contributed by atoms with van der Waals surface area (Å²) in [6.45, 7) is -0.457. The zero-order valence-corrected chi connectivity index (χ0v) is 10.0. The topological polar surface area (TPSA) is 134 Å². The highest BCUT2D eigenvalue weighted by molar-refractivity contribution is 5.10. The van der Waals surface area contributed by atoms with Crippen molar-refractivity contribution >= 4 is 0 Å². The number of aromatic nitrogens is 2. The Morgan fingerprint density at radius 2 is 2.21 bits per heavy atom. The van der Waals surface area contributed by atoms with E-state index >= 15 is 0 Å². The molecule has 0 saturated carbocycles. The molecule has 0 bridgehead atoms. The largest absolute Gasteiger partial charge is 0.502 e. The van der Waals surface area contributed by atoms with E-state index in [1.54, 1.807) is 0 Å². The third kappa shape index (κ3) is 2.28. The summed E-state index contributed by atoms with van der Waals surface area (Å²) in [4.78, 5) is 24.6. The van der Waals surface area contributed by atoms with E-state index in [2.05, 4.69) is 0 Å². The third-order valence-electron chi connectivity index (χ3n) is 2.99. The standard InChI is InChI=1S/C10H14N2O7/c1-18-7-6(15)5(3-13)19-9(7)12-2-4(14)8(16)11-10(12)17/h2,5-7,9,13-15H,3H2,1H3,(H,11,16,17). The van der Waals surface area contributed by atoms with Crippen molar-refractivity contribution in [2.24, 2.45) is 0 Å². The van der Waals surface area contributed by atoms with E-state index in [9.17, 15) is 19.8 Å². The van der Waals surface area contributed by atoms with Gasteiger partial charge in [-0.15, -0.1) is 0 Å². The van der Waals surface area contributed by atoms with Crippen molar-refractivity contribution < 1.29 is 24.8 Å². The molecule has 0 aliphatic carbocycles. The number of nitrogens with one attached hydrogen (secondary N) is 1. The molecular formula is C10H14N2O7. The molecule has 1 aromatic heterocycles. The molecule has 2 rings (SSSR count). The van der Waals surface area contributed by atoms with Crippen LogP contribution in [0.25, 0.3) is 0 Å². The van der Waals surface area contributed by atoms with Crippen LogP contribution >= 0.6 is 0 Å². The summed E-state index contributed by atoms with van der Waals surface area (Å²) in [5, 5.41) is 28.2. The van der Waals surface area contributed by atoms with Crippen LogP contribution in [0.3, 0.4) is 0 Å². The van der Waals surface area contributed by atoms with Gasteiger partial charge < -0.3 is 24.8 Å². The first-order valence-electron chi connectivity index (χ1n) is 5.51. The number of nitrogens with zero attached hydrogens (tertiary/aromatic N) is 1. The van der Waals surface area contributed by atoms with Gasteiger partial charge in [0.25, 0.3) is 5.56 Å². The number of hydrogen-bond acceptors (Lipinski definition) is 7. The second kappa shape index (κ2) is 5.13. The van der Waals surface area contributed by atoms with E-state index in [1.165, 1.54) is 7.11 Å². The second-order valence-corrected chi connectivity index (χ2v) is 4.12. The number of methoxy groups -OCH3 is 1. The zero-order valence-electron chi connectivity index (χ0n) is 10.0. The minimum Gasteiger partial charge on any atom is -0.502 e. The fourth-order valence-electron chi connectivity index (χ4n) is 2.01. The van der Waals surface area contributed by atoms with Crippen LogP contribution < -0.4 is 11.2 Å². The van der Waals surface area contributed by atoms with Crippen LogP contribution in [0, 0.1) is 0 Å². The van der Waals surface area contributed by atoms with E-state index in [1.807, 2.05) is 4.98 Å². The maximum Gasteiger partial charge on any atom is 0.330 e. The Hall–Kier alpha value is -1.68. The summed E-state index contributed by atoms with van der Waals surface area (Å²) in [7, 11) is 1.31. The Morgan fingerprint density at radius 1 is 1.53 bits per heavy atom. The van der Waals surface area contributed by atoms with Crippen LogP contribution in [-0.4, -0.2) is 56.9 Å². The average molecular weight is 274 g/mol. The molecule has 1 saturated heterocycles. The minimum absolute atomic E-state index is 0.457. The van der Waals surface area contributed by atoms with Crippen LogP contribution in [0.15, 0.2) is 15.8 Å². The lowest BCUT2D eigenvalue weighted by Gasteiger charge is -2.20. The van der Waals surface area contributed by atoms with Gasteiger partial charge >= 0.3 is 5.69 Å². The maximum absolute atomic E-state index is 11.7. The average Bonchev–Trinajstić information content (AvgIpc) is 2.70. The highest BCUT2D eigenvalue weighted by Gasteiger charge is 2.45. The van der Waals surface area contributed by atoms with E-state index in [4.69, 9.17) is 14.6 Å². The van der Waals surface area contributed by atoms with Gasteiger partial charge in [0, 0.05) is 7.11 Å². The molecule has 4 unspecified atom stereocenters. The van der Waals surface area contributed by atoms with Crippen molar-refractivity contribution in [3.05, 3.63) is 27.0 Å². The highest BCUT2D eigenvalue weighted by Crippen LogP contribution is 2.30. The lowest BCUT2D eigenvalue weighted by atomic mass is 10.1. The number of hydrogen-bond donors (Lipinski definition) is 4. The van der Waals surface area contributed by atoms with E-state index in [0.29, 0.717) is 0 Å². The van der Waals surface area contributed by atoms with Crippen LogP contribution in [0.5, 0.6) is 5.75 Å². The van der Waals surface area contributed by atoms with Gasteiger partial charge in [-0.2, -0.15) is 0 Å². The monoisotopic (exact) mass is 274 g/mol. The summed E-state index contributed by atoms with van der Waals surface area (Å²) in [6.07, 6.45) is -3.14. The Balaban J connectivity index is 2.44. The number of rotatable bonds is 3. The fourth-order valence-corrected chi connectivity index (χ4v) is 2.01. The van der Waals surface area contributed by atoms with Crippen molar-refractivity contribution in [3.8, 4) is 5.75 Å². The Labute approximate surface area is 106 Å². The Bertz CT molecular complexity index is 566. The molecule has 4 atom stereocenters. The second-order valence-electron chi connectivity index (χ2n) is 4.12. The van der Waals surface area contributed by atoms with Gasteiger partial charge in [0.05, 0.1) is 12.8 Å². The van der Waals surface area contributed by atoms with Gasteiger partial charge in [-0.05, 0) is 0 Å². The van der Waals surface area contributed by atoms with Gasteiger partial charge in [0.15, 0.2) is 12.0 Å². The normalized spacial score (nSPS) is 30.7. The molecule has 0 radical (unpaired) electrons. The quantitative estimate of drug-likeness (QED) is 0.479. The summed E-state index contributed by atoms with van der Waals surface area (Å²) in [6, 6.07) is 0. The zero-order chi connectivity index (χ0) is 14.2. The number of aliphatic hydroxyl groups is 2. The molecule has 1 aliphatic rings. The van der Waals surface area contributed by atoms with Crippen LogP contribution in [0.2, 0.25) is 0 Å². The Kier molecular flexibility index (Phi) is 3.71. The molecule has 0 amide bonds. The minimum atomic E-state index is -1.14. The number of aliphatic hydroxyl groups excluding tert-OH is 2. The van der Waals surface area contributed by atoms with Gasteiger partial charge in [-0.25, -0.2) is 4.79 Å². The predicted molar refractivity (Wildman–Crippen MR) is 60.8 cm³/mol. The van der Waals surface area contributed by atoms with Crippen molar-refractivity contribution in [1.29, 1.82) is 0 Å². The number of ether oxygens (including phenoxy) is 2. The molecular weight excluding hydrogens is 260 g/mol. The first kappa shape index (κ1) is 13.7. The molecule has 9 nitrogen and oxygen atoms in total. The molecule has 4 N–H and O–H groups in total. The van der Waals surface area contributed by atoms with Crippen LogP contribution in [0.4, 0.5) is 0 Å². The van der Waals surface area contributed by atoms with Crippen molar-refractivity contribution in [2.45, 2.75) is 24.5 Å². The van der Waals surface area contributed by atoms with E-state index < -0.39 is 48.1 Å². The van der Waals surface area contributed by atoms with Crippen LogP contribution in [0.1, 0.15) is 6.23 Å². The number of aromatic hydroxyl groups is 1. The molecule has 2 heterocycles. The molecule has 1 fully saturated rings. The summed E-state index contributed by atoms with van der Waals surface area (Å²) in [5.74, 6) is -0.667. The number of aromatic amines is 1. The van der Waals surface area contributed by atoms with Crippen molar-refractivity contribution in [3.63, 3.8) is 0 Å². The lowest BCUT2D eigenvalue weighted by molar-refractivity contribution is -0.0628. The predicted octanol–water partition coefficient (Wildman–Crippen LogP) is -2.49. The van der Waals surface area contributed by atoms with Gasteiger partial charge in [0.2, 0.25) is 0 Å². The van der Waals surface area contributed by atoms with Gasteiger partial charge in [0.1, 0.15) is 18.3 Å². The molecule has 0 aromatic carbocycles. The molecule has 1 aromatic rings. The Morgan fingerprint density at radius 3 is 2.79 bits per heavy atom. The van der Waals surface area contributed by atoms with Gasteiger partial charge in [-0.1, -0.05) is 0 Å². The van der Waals surface area contributed by atoms with Crippen molar-refractivity contribution in [2.75, 3.05) is 13.7 Å². The molecule has 9 heteroatoms. The smallest absolute Gasteiger partial charge is 0.330 e. The summed E-state index contributed by atoms with van der Waals surface area (Å²) < 4.78 is 11.2. The molecule has 1 aliphatic heterocycles. The fraction of sp³-hybridized carbons (Fsp3) is 0.600. The molecule has 0 spiro atoms. The maximum atomic E-state index is 11.7. The number of H-pyrrole nitrogens is 1.